The van der Waals surface area contributed by atoms with Gasteiger partial charge in [-0.05, 0) is 12.5 Å². The molecule has 0 saturated carbocycles. The van der Waals surface area contributed by atoms with Gasteiger partial charge < -0.3 is 0 Å². The lowest BCUT2D eigenvalue weighted by Gasteiger charge is -2.19. The van der Waals surface area contributed by atoms with Gasteiger partial charge in [0.2, 0.25) is 0 Å². The molecule has 0 aliphatic heterocycles. The molecule has 1 unspecified atom stereocenters. The van der Waals surface area contributed by atoms with E-state index in [9.17, 15) is 9.59 Å². The van der Waals surface area contributed by atoms with Crippen LogP contribution in [0.5, 0.6) is 0 Å². The number of carbonyl (C=O) groups excluding carboxylic acids is 2. The van der Waals surface area contributed by atoms with Crippen LogP contribution in [0.3, 0.4) is 0 Å². The summed E-state index contributed by atoms with van der Waals surface area (Å²) in [7, 11) is 0. The van der Waals surface area contributed by atoms with Crippen LogP contribution in [0.15, 0.2) is 30.3 Å². The summed E-state index contributed by atoms with van der Waals surface area (Å²) < 4.78 is 0. The van der Waals surface area contributed by atoms with E-state index in [2.05, 4.69) is 0 Å². The standard InChI is InChI=1S/C15H20O2S/c1-11(16)14(12-8-6-5-7-9-12)18-10-13(17)15(2,3)4/h5-9,14H,10H2,1-4H3. The molecule has 0 heterocycles. The fraction of sp³-hybridized carbons (Fsp3) is 0.467. The van der Waals surface area contributed by atoms with Crippen LogP contribution in [0.1, 0.15) is 38.5 Å². The van der Waals surface area contributed by atoms with E-state index in [0.29, 0.717) is 5.75 Å². The summed E-state index contributed by atoms with van der Waals surface area (Å²) in [5, 5.41) is -0.238. The maximum atomic E-state index is 11.9. The molecule has 18 heavy (non-hydrogen) atoms. The minimum Gasteiger partial charge on any atom is -0.298 e. The van der Waals surface area contributed by atoms with Gasteiger partial charge in [-0.1, -0.05) is 51.1 Å². The molecule has 1 aromatic rings. The number of thioether (sulfide) groups is 1. The average molecular weight is 264 g/mol. The van der Waals surface area contributed by atoms with Crippen LogP contribution in [-0.4, -0.2) is 17.3 Å². The molecule has 0 N–H and O–H groups in total. The minimum atomic E-state index is -0.342. The van der Waals surface area contributed by atoms with Gasteiger partial charge in [0.25, 0.3) is 0 Å². The highest BCUT2D eigenvalue weighted by atomic mass is 32.2. The van der Waals surface area contributed by atoms with Gasteiger partial charge in [-0.2, -0.15) is 0 Å². The molecule has 1 rings (SSSR count). The third-order valence-corrected chi connectivity index (χ3v) is 4.06. The maximum absolute atomic E-state index is 11.9. The highest BCUT2D eigenvalue weighted by Gasteiger charge is 2.24. The number of hydrogen-bond acceptors (Lipinski definition) is 3. The Kier molecular flexibility index (Phi) is 5.15. The zero-order valence-corrected chi connectivity index (χ0v) is 12.2. The molecule has 0 radical (unpaired) electrons. The first-order valence-electron chi connectivity index (χ1n) is 6.02. The summed E-state index contributed by atoms with van der Waals surface area (Å²) in [4.78, 5) is 23.6. The number of ketones is 2. The van der Waals surface area contributed by atoms with Crippen molar-refractivity contribution in [3.8, 4) is 0 Å². The SMILES string of the molecule is CC(=O)C(SCC(=O)C(C)(C)C)c1ccccc1. The molecule has 2 nitrogen and oxygen atoms in total. The predicted octanol–water partition coefficient (Wildman–Crippen LogP) is 3.67. The van der Waals surface area contributed by atoms with Crippen LogP contribution in [-0.2, 0) is 9.59 Å². The van der Waals surface area contributed by atoms with E-state index < -0.39 is 0 Å². The summed E-state index contributed by atoms with van der Waals surface area (Å²) in [5.41, 5.74) is 0.627. The zero-order valence-electron chi connectivity index (χ0n) is 11.4. The Labute approximate surface area is 113 Å². The van der Waals surface area contributed by atoms with Crippen molar-refractivity contribution in [3.63, 3.8) is 0 Å². The summed E-state index contributed by atoms with van der Waals surface area (Å²) in [6.07, 6.45) is 0. The van der Waals surface area contributed by atoms with Crippen molar-refractivity contribution in [1.29, 1.82) is 0 Å². The van der Waals surface area contributed by atoms with Crippen LogP contribution < -0.4 is 0 Å². The highest BCUT2D eigenvalue weighted by molar-refractivity contribution is 8.00. The monoisotopic (exact) mass is 264 g/mol. The van der Waals surface area contributed by atoms with E-state index >= 15 is 0 Å². The van der Waals surface area contributed by atoms with Crippen molar-refractivity contribution >= 4 is 23.3 Å². The summed E-state index contributed by atoms with van der Waals surface area (Å²) in [5.74, 6) is 0.644. The lowest BCUT2D eigenvalue weighted by Crippen LogP contribution is -2.23. The second-order valence-electron chi connectivity index (χ2n) is 5.39. The van der Waals surface area contributed by atoms with Gasteiger partial charge in [0.05, 0.1) is 11.0 Å². The van der Waals surface area contributed by atoms with Crippen molar-refractivity contribution in [2.45, 2.75) is 32.9 Å². The fourth-order valence-electron chi connectivity index (χ4n) is 1.45. The van der Waals surface area contributed by atoms with Crippen molar-refractivity contribution < 1.29 is 9.59 Å². The van der Waals surface area contributed by atoms with Crippen LogP contribution >= 0.6 is 11.8 Å². The summed E-state index contributed by atoms with van der Waals surface area (Å²) >= 11 is 1.42. The third kappa shape index (κ3) is 4.30. The number of rotatable bonds is 5. The minimum absolute atomic E-state index is 0.0907. The number of benzene rings is 1. The van der Waals surface area contributed by atoms with Gasteiger partial charge in [0.1, 0.15) is 11.6 Å². The first kappa shape index (κ1) is 15.0. The lowest BCUT2D eigenvalue weighted by atomic mass is 9.92. The second-order valence-corrected chi connectivity index (χ2v) is 6.48. The van der Waals surface area contributed by atoms with Crippen LogP contribution in [0.2, 0.25) is 0 Å². The maximum Gasteiger partial charge on any atom is 0.148 e. The molecular formula is C15H20O2S. The zero-order chi connectivity index (χ0) is 13.8. The van der Waals surface area contributed by atoms with Crippen molar-refractivity contribution in [2.24, 2.45) is 5.41 Å². The van der Waals surface area contributed by atoms with Gasteiger partial charge in [-0.25, -0.2) is 0 Å². The number of Topliss-reactive ketones (excluding diaryl/α,β-unsaturated/α-hetero) is 2. The molecule has 3 heteroatoms. The molecule has 0 saturated heterocycles. The van der Waals surface area contributed by atoms with Crippen LogP contribution in [0.4, 0.5) is 0 Å². The Bertz CT molecular complexity index is 418. The largest absolute Gasteiger partial charge is 0.298 e. The molecule has 0 spiro atoms. The second kappa shape index (κ2) is 6.19. The Morgan fingerprint density at radius 2 is 1.72 bits per heavy atom. The third-order valence-electron chi connectivity index (χ3n) is 2.69. The molecule has 1 atom stereocenters. The van der Waals surface area contributed by atoms with E-state index in [4.69, 9.17) is 0 Å². The summed E-state index contributed by atoms with van der Waals surface area (Å²) in [6.45, 7) is 7.29. The van der Waals surface area contributed by atoms with Gasteiger partial charge in [0.15, 0.2) is 0 Å². The Hall–Kier alpha value is -1.09. The molecule has 0 aliphatic carbocycles. The molecule has 0 aliphatic rings. The average Bonchev–Trinajstić information content (AvgIpc) is 2.28. The van der Waals surface area contributed by atoms with E-state index in [0.717, 1.165) is 5.56 Å². The first-order chi connectivity index (χ1) is 8.32. The van der Waals surface area contributed by atoms with Crippen molar-refractivity contribution in [3.05, 3.63) is 35.9 Å². The number of hydrogen-bond donors (Lipinski definition) is 0. The molecule has 0 amide bonds. The molecule has 0 aromatic heterocycles. The molecule has 98 valence electrons. The highest BCUT2D eigenvalue weighted by Crippen LogP contribution is 2.31. The fourth-order valence-corrected chi connectivity index (χ4v) is 2.79. The van der Waals surface area contributed by atoms with Gasteiger partial charge in [-0.15, -0.1) is 11.8 Å². The van der Waals surface area contributed by atoms with Gasteiger partial charge in [-0.3, -0.25) is 9.59 Å². The Balaban J connectivity index is 2.72. The molecule has 1 aromatic carbocycles. The van der Waals surface area contributed by atoms with E-state index in [1.165, 1.54) is 11.8 Å². The topological polar surface area (TPSA) is 34.1 Å². The molecule has 0 bridgehead atoms. The van der Waals surface area contributed by atoms with Crippen molar-refractivity contribution in [2.75, 3.05) is 5.75 Å². The Morgan fingerprint density at radius 3 is 2.17 bits per heavy atom. The molecular weight excluding hydrogens is 244 g/mol. The van der Waals surface area contributed by atoms with Gasteiger partial charge in [0, 0.05) is 5.41 Å². The van der Waals surface area contributed by atoms with E-state index in [-0.39, 0.29) is 22.2 Å². The van der Waals surface area contributed by atoms with E-state index in [1.54, 1.807) is 6.92 Å². The van der Waals surface area contributed by atoms with E-state index in [1.807, 2.05) is 51.1 Å². The normalized spacial score (nSPS) is 13.1. The van der Waals surface area contributed by atoms with Crippen molar-refractivity contribution in [1.82, 2.24) is 0 Å². The predicted molar refractivity (Wildman–Crippen MR) is 76.8 cm³/mol. The van der Waals surface area contributed by atoms with Crippen LogP contribution in [0, 0.1) is 5.41 Å². The van der Waals surface area contributed by atoms with Crippen LogP contribution in [0.25, 0.3) is 0 Å². The Morgan fingerprint density at radius 1 is 1.17 bits per heavy atom. The first-order valence-corrected chi connectivity index (χ1v) is 7.07. The quantitative estimate of drug-likeness (QED) is 0.814. The smallest absolute Gasteiger partial charge is 0.148 e. The summed E-state index contributed by atoms with van der Waals surface area (Å²) in [6, 6.07) is 9.61. The number of carbonyl (C=O) groups is 2. The lowest BCUT2D eigenvalue weighted by molar-refractivity contribution is -0.123. The molecule has 0 fully saturated rings. The van der Waals surface area contributed by atoms with Gasteiger partial charge >= 0.3 is 0 Å².